The largest absolute Gasteiger partial charge is 0.393 e. The molecule has 0 atom stereocenters. The average molecular weight is 384 g/mol. The highest BCUT2D eigenvalue weighted by atomic mass is 79.9. The third-order valence-electron chi connectivity index (χ3n) is 3.13. The van der Waals surface area contributed by atoms with E-state index in [9.17, 15) is 0 Å². The number of thiocarbonyl (C=S) groups is 1. The van der Waals surface area contributed by atoms with E-state index in [1.165, 1.54) is 0 Å². The van der Waals surface area contributed by atoms with Gasteiger partial charge in [0, 0.05) is 34.7 Å². The van der Waals surface area contributed by atoms with Crippen LogP contribution in [0.3, 0.4) is 0 Å². The van der Waals surface area contributed by atoms with Gasteiger partial charge in [-0.3, -0.25) is 0 Å². The van der Waals surface area contributed by atoms with Gasteiger partial charge in [-0.05, 0) is 29.8 Å². The lowest BCUT2D eigenvalue weighted by molar-refractivity contribution is 0.807. The van der Waals surface area contributed by atoms with E-state index in [0.29, 0.717) is 11.4 Å². The molecule has 2 rings (SSSR count). The molecule has 0 radical (unpaired) electrons. The topological polar surface area (TPSA) is 29.3 Å². The fourth-order valence-electron chi connectivity index (χ4n) is 2.04. The minimum Gasteiger partial charge on any atom is -0.393 e. The lowest BCUT2D eigenvalue weighted by Crippen LogP contribution is -2.27. The van der Waals surface area contributed by atoms with Crippen LogP contribution >= 0.6 is 39.7 Å². The summed E-state index contributed by atoms with van der Waals surface area (Å²) in [7, 11) is 0. The number of para-hydroxylation sites is 1. The van der Waals surface area contributed by atoms with Gasteiger partial charge in [0.2, 0.25) is 0 Å². The summed E-state index contributed by atoms with van der Waals surface area (Å²) >= 11 is 14.7. The number of benzene rings is 2. The van der Waals surface area contributed by atoms with E-state index < -0.39 is 0 Å². The van der Waals surface area contributed by atoms with Gasteiger partial charge in [-0.15, -0.1) is 0 Å². The second-order valence-electron chi connectivity index (χ2n) is 4.71. The van der Waals surface area contributed by atoms with Crippen molar-refractivity contribution in [3.8, 4) is 0 Å². The van der Waals surface area contributed by atoms with Crippen molar-refractivity contribution >= 4 is 50.4 Å². The van der Waals surface area contributed by atoms with Crippen LogP contribution in [0.25, 0.3) is 0 Å². The number of rotatable bonds is 6. The summed E-state index contributed by atoms with van der Waals surface area (Å²) in [6, 6.07) is 16.1. The smallest absolute Gasteiger partial charge is 0.0745 e. The van der Waals surface area contributed by atoms with E-state index in [4.69, 9.17) is 29.6 Å². The van der Waals surface area contributed by atoms with Crippen LogP contribution in [0.5, 0.6) is 0 Å². The van der Waals surface area contributed by atoms with Crippen molar-refractivity contribution in [1.29, 1.82) is 0 Å². The molecular formula is C16H16BrClN2S. The maximum absolute atomic E-state index is 6.32. The van der Waals surface area contributed by atoms with Crippen LogP contribution in [0.1, 0.15) is 12.0 Å². The highest BCUT2D eigenvalue weighted by Gasteiger charge is 2.10. The lowest BCUT2D eigenvalue weighted by atomic mass is 10.2. The van der Waals surface area contributed by atoms with E-state index in [0.717, 1.165) is 33.8 Å². The molecule has 5 heteroatoms. The molecular weight excluding hydrogens is 368 g/mol. The number of nitrogens with zero attached hydrogens (tertiary/aromatic N) is 1. The summed E-state index contributed by atoms with van der Waals surface area (Å²) in [5.74, 6) is 0. The Hall–Kier alpha value is -1.10. The van der Waals surface area contributed by atoms with Gasteiger partial charge in [-0.2, -0.15) is 0 Å². The van der Waals surface area contributed by atoms with Crippen molar-refractivity contribution < 1.29 is 0 Å². The van der Waals surface area contributed by atoms with E-state index in [-0.39, 0.29) is 0 Å². The summed E-state index contributed by atoms with van der Waals surface area (Å²) in [6.07, 6.45) is 0.679. The molecule has 0 spiro atoms. The normalized spacial score (nSPS) is 10.4. The van der Waals surface area contributed by atoms with E-state index in [2.05, 4.69) is 33.0 Å². The second kappa shape index (κ2) is 7.78. The highest BCUT2D eigenvalue weighted by molar-refractivity contribution is 9.10. The summed E-state index contributed by atoms with van der Waals surface area (Å²) in [5.41, 5.74) is 7.84. The Kier molecular flexibility index (Phi) is 6.03. The zero-order chi connectivity index (χ0) is 15.2. The molecule has 21 heavy (non-hydrogen) atoms. The van der Waals surface area contributed by atoms with Crippen molar-refractivity contribution in [1.82, 2.24) is 0 Å². The van der Waals surface area contributed by atoms with Crippen molar-refractivity contribution in [2.75, 3.05) is 11.4 Å². The van der Waals surface area contributed by atoms with E-state index >= 15 is 0 Å². The Morgan fingerprint density at radius 2 is 1.90 bits per heavy atom. The molecule has 0 amide bonds. The number of halogens is 2. The molecule has 0 unspecified atom stereocenters. The molecule has 2 N–H and O–H groups in total. The average Bonchev–Trinajstić information content (AvgIpc) is 2.46. The van der Waals surface area contributed by atoms with Gasteiger partial charge >= 0.3 is 0 Å². The standard InChI is InChI=1S/C16H16BrClN2S/c17-13-7-6-12(15(18)10-13)11-20(9-8-16(19)21)14-4-2-1-3-5-14/h1-7,10H,8-9,11H2,(H2,19,21). The van der Waals surface area contributed by atoms with Crippen molar-refractivity contribution in [3.05, 3.63) is 63.6 Å². The van der Waals surface area contributed by atoms with Crippen LogP contribution in [0, 0.1) is 0 Å². The molecule has 2 nitrogen and oxygen atoms in total. The first-order valence-electron chi connectivity index (χ1n) is 6.58. The predicted octanol–water partition coefficient (Wildman–Crippen LogP) is 4.79. The first-order valence-corrected chi connectivity index (χ1v) is 8.16. The number of hydrogen-bond acceptors (Lipinski definition) is 2. The number of nitrogens with two attached hydrogens (primary N) is 1. The molecule has 0 saturated carbocycles. The molecule has 110 valence electrons. The number of anilines is 1. The van der Waals surface area contributed by atoms with Crippen LogP contribution < -0.4 is 10.6 Å². The third kappa shape index (κ3) is 4.99. The monoisotopic (exact) mass is 382 g/mol. The molecule has 2 aromatic carbocycles. The first-order chi connectivity index (χ1) is 10.1. The molecule has 0 saturated heterocycles. The van der Waals surface area contributed by atoms with Crippen molar-refractivity contribution in [3.63, 3.8) is 0 Å². The summed E-state index contributed by atoms with van der Waals surface area (Å²) in [5, 5.41) is 0.751. The zero-order valence-corrected chi connectivity index (χ0v) is 14.6. The predicted molar refractivity (Wildman–Crippen MR) is 98.0 cm³/mol. The van der Waals surface area contributed by atoms with Gasteiger partial charge in [0.15, 0.2) is 0 Å². The van der Waals surface area contributed by atoms with Gasteiger partial charge < -0.3 is 10.6 Å². The number of hydrogen-bond donors (Lipinski definition) is 1. The first kappa shape index (κ1) is 16.3. The van der Waals surface area contributed by atoms with Gasteiger partial charge in [0.25, 0.3) is 0 Å². The second-order valence-corrected chi connectivity index (χ2v) is 6.56. The maximum Gasteiger partial charge on any atom is 0.0745 e. The van der Waals surface area contributed by atoms with Crippen LogP contribution in [-0.4, -0.2) is 11.5 Å². The van der Waals surface area contributed by atoms with Crippen LogP contribution in [0.15, 0.2) is 53.0 Å². The quantitative estimate of drug-likeness (QED) is 0.728. The summed E-state index contributed by atoms with van der Waals surface area (Å²) < 4.78 is 0.977. The Morgan fingerprint density at radius 3 is 2.52 bits per heavy atom. The Bertz CT molecular complexity index is 619. The van der Waals surface area contributed by atoms with Crippen molar-refractivity contribution in [2.45, 2.75) is 13.0 Å². The zero-order valence-electron chi connectivity index (χ0n) is 11.4. The molecule has 2 aromatic rings. The lowest BCUT2D eigenvalue weighted by Gasteiger charge is -2.25. The molecule has 0 aliphatic carbocycles. The van der Waals surface area contributed by atoms with Crippen LogP contribution in [0.4, 0.5) is 5.69 Å². The van der Waals surface area contributed by atoms with Crippen LogP contribution in [-0.2, 0) is 6.54 Å². The van der Waals surface area contributed by atoms with Gasteiger partial charge in [0.05, 0.1) is 4.99 Å². The molecule has 0 aromatic heterocycles. The van der Waals surface area contributed by atoms with Gasteiger partial charge in [-0.25, -0.2) is 0 Å². The Morgan fingerprint density at radius 1 is 1.19 bits per heavy atom. The van der Waals surface area contributed by atoms with E-state index in [1.807, 2.05) is 36.4 Å². The fraction of sp³-hybridized carbons (Fsp3) is 0.188. The third-order valence-corrected chi connectivity index (χ3v) is 4.18. The summed E-state index contributed by atoms with van der Waals surface area (Å²) in [4.78, 5) is 2.76. The van der Waals surface area contributed by atoms with Crippen molar-refractivity contribution in [2.24, 2.45) is 5.73 Å². The van der Waals surface area contributed by atoms with Gasteiger partial charge in [0.1, 0.15) is 0 Å². The Balaban J connectivity index is 2.21. The molecule has 0 aliphatic heterocycles. The molecule has 0 bridgehead atoms. The fourth-order valence-corrected chi connectivity index (χ4v) is 2.86. The summed E-state index contributed by atoms with van der Waals surface area (Å²) in [6.45, 7) is 1.49. The minimum atomic E-state index is 0.526. The Labute approximate surface area is 144 Å². The molecule has 0 aliphatic rings. The SMILES string of the molecule is NC(=S)CCN(Cc1ccc(Br)cc1Cl)c1ccccc1. The molecule has 0 fully saturated rings. The van der Waals surface area contributed by atoms with Crippen LogP contribution in [0.2, 0.25) is 5.02 Å². The maximum atomic E-state index is 6.32. The van der Waals surface area contributed by atoms with E-state index in [1.54, 1.807) is 0 Å². The minimum absolute atomic E-state index is 0.526. The molecule has 0 heterocycles. The van der Waals surface area contributed by atoms with Gasteiger partial charge in [-0.1, -0.05) is 64.0 Å². The highest BCUT2D eigenvalue weighted by Crippen LogP contribution is 2.25.